The number of aromatic nitrogens is 3. The lowest BCUT2D eigenvalue weighted by molar-refractivity contribution is -0.181. The van der Waals surface area contributed by atoms with Crippen molar-refractivity contribution in [3.8, 4) is 17.5 Å². The largest absolute Gasteiger partial charge is 0.390 e. The number of nitrogens with one attached hydrogen (secondary N) is 2. The fourth-order valence-electron chi connectivity index (χ4n) is 5.79. The number of hydrogen-bond acceptors (Lipinski definition) is 7. The van der Waals surface area contributed by atoms with E-state index in [1.54, 1.807) is 16.6 Å². The van der Waals surface area contributed by atoms with Crippen molar-refractivity contribution in [3.05, 3.63) is 47.8 Å². The third-order valence-electron chi connectivity index (χ3n) is 8.49. The van der Waals surface area contributed by atoms with Crippen LogP contribution in [0.4, 0.5) is 14.5 Å². The van der Waals surface area contributed by atoms with E-state index >= 15 is 0 Å². The summed E-state index contributed by atoms with van der Waals surface area (Å²) in [7, 11) is 0. The van der Waals surface area contributed by atoms with Gasteiger partial charge < -0.3 is 20.5 Å². The van der Waals surface area contributed by atoms with E-state index in [1.807, 2.05) is 12.1 Å². The molecule has 38 heavy (non-hydrogen) atoms. The molecule has 1 saturated heterocycles. The number of ether oxygens (including phenoxy) is 1. The van der Waals surface area contributed by atoms with Crippen LogP contribution in [0.25, 0.3) is 16.9 Å². The average molecular weight is 523 g/mol. The summed E-state index contributed by atoms with van der Waals surface area (Å²) in [6.07, 6.45) is 4.68. The van der Waals surface area contributed by atoms with Crippen LogP contribution in [0.2, 0.25) is 0 Å². The highest BCUT2D eigenvalue weighted by Gasteiger charge is 2.49. The highest BCUT2D eigenvalue weighted by Crippen LogP contribution is 2.48. The molecule has 1 amide bonds. The van der Waals surface area contributed by atoms with Crippen molar-refractivity contribution >= 4 is 17.1 Å². The topological polar surface area (TPSA) is 125 Å². The van der Waals surface area contributed by atoms with Crippen LogP contribution in [0.3, 0.4) is 0 Å². The molecule has 4 heterocycles. The minimum absolute atomic E-state index is 0.0962. The molecule has 4 fully saturated rings. The number of carbonyl (C=O) groups excluding carboxylic acids is 1. The Kier molecular flexibility index (Phi) is 5.85. The summed E-state index contributed by atoms with van der Waals surface area (Å²) in [5.41, 5.74) is 0.987. The van der Waals surface area contributed by atoms with E-state index in [1.165, 1.54) is 12.4 Å². The van der Waals surface area contributed by atoms with Crippen LogP contribution in [0, 0.1) is 16.7 Å². The van der Waals surface area contributed by atoms with Crippen molar-refractivity contribution in [3.63, 3.8) is 0 Å². The van der Waals surface area contributed by atoms with Gasteiger partial charge in [0.15, 0.2) is 0 Å². The molecule has 3 saturated carbocycles. The molecule has 1 aliphatic heterocycles. The zero-order chi connectivity index (χ0) is 26.5. The van der Waals surface area contributed by atoms with Gasteiger partial charge in [-0.1, -0.05) is 0 Å². The SMILES string of the molecule is N#Cc1cnn2c(-c3cc(NC45CCC(O)(CC4)CC5)c(C(=O)NCC4(C(F)F)COC4)cn3)ccc2c1. The Labute approximate surface area is 217 Å². The zero-order valence-electron chi connectivity index (χ0n) is 20.7. The number of nitriles is 1. The number of rotatable bonds is 7. The van der Waals surface area contributed by atoms with Crippen molar-refractivity contribution in [2.45, 2.75) is 56.1 Å². The third kappa shape index (κ3) is 4.18. The fraction of sp³-hybridized carbons (Fsp3) is 0.481. The molecular weight excluding hydrogens is 494 g/mol. The lowest BCUT2D eigenvalue weighted by Crippen LogP contribution is -2.55. The number of alkyl halides is 2. The molecule has 3 aromatic rings. The van der Waals surface area contributed by atoms with Crippen LogP contribution in [-0.2, 0) is 4.74 Å². The Balaban J connectivity index is 1.34. The van der Waals surface area contributed by atoms with Crippen molar-refractivity contribution in [2.24, 2.45) is 5.41 Å². The second-order valence-corrected chi connectivity index (χ2v) is 11.0. The summed E-state index contributed by atoms with van der Waals surface area (Å²) >= 11 is 0. The lowest BCUT2D eigenvalue weighted by Gasteiger charge is -2.51. The number of anilines is 1. The van der Waals surface area contributed by atoms with Crippen LogP contribution in [0.15, 0.2) is 36.7 Å². The first kappa shape index (κ1) is 24.7. The minimum atomic E-state index is -2.60. The molecule has 0 spiro atoms. The van der Waals surface area contributed by atoms with Crippen LogP contribution in [-0.4, -0.2) is 62.9 Å². The van der Waals surface area contributed by atoms with Crippen molar-refractivity contribution < 1.29 is 23.4 Å². The summed E-state index contributed by atoms with van der Waals surface area (Å²) < 4.78 is 33.9. The number of carbonyl (C=O) groups is 1. The molecule has 0 unspecified atom stereocenters. The van der Waals surface area contributed by atoms with E-state index < -0.39 is 23.3 Å². The van der Waals surface area contributed by atoms with Crippen LogP contribution >= 0.6 is 0 Å². The first-order valence-corrected chi connectivity index (χ1v) is 12.8. The second kappa shape index (κ2) is 8.99. The highest BCUT2D eigenvalue weighted by molar-refractivity contribution is 6.00. The van der Waals surface area contributed by atoms with Gasteiger partial charge in [0, 0.05) is 18.3 Å². The lowest BCUT2D eigenvalue weighted by atomic mass is 9.63. The van der Waals surface area contributed by atoms with Crippen molar-refractivity contribution in [2.75, 3.05) is 25.1 Å². The van der Waals surface area contributed by atoms with Gasteiger partial charge in [0.05, 0.1) is 64.1 Å². The molecule has 3 N–H and O–H groups in total. The Morgan fingerprint density at radius 1 is 1.16 bits per heavy atom. The summed E-state index contributed by atoms with van der Waals surface area (Å²) in [6.45, 7) is -0.389. The molecule has 0 radical (unpaired) electrons. The van der Waals surface area contributed by atoms with E-state index in [4.69, 9.17) is 4.74 Å². The quantitative estimate of drug-likeness (QED) is 0.434. The molecule has 3 aliphatic carbocycles. The van der Waals surface area contributed by atoms with E-state index in [-0.39, 0.29) is 30.9 Å². The highest BCUT2D eigenvalue weighted by atomic mass is 19.3. The Bertz CT molecular complexity index is 1420. The molecule has 2 bridgehead atoms. The maximum absolute atomic E-state index is 13.6. The predicted octanol–water partition coefficient (Wildman–Crippen LogP) is 3.53. The molecule has 3 aromatic heterocycles. The summed E-state index contributed by atoms with van der Waals surface area (Å²) in [4.78, 5) is 17.8. The van der Waals surface area contributed by atoms with Crippen LogP contribution in [0.5, 0.6) is 0 Å². The van der Waals surface area contributed by atoms with E-state index in [0.29, 0.717) is 41.9 Å². The van der Waals surface area contributed by atoms with Gasteiger partial charge in [-0.3, -0.25) is 9.78 Å². The standard InChI is InChI=1S/C27H28F2N6O3/c28-24(29)25(15-38-16-25)14-32-23(36)19-13-31-21(22-2-1-18-9-17(11-30)12-33-35(18)22)10-20(19)34-26-3-6-27(37,7-4-26)8-5-26/h1-2,9-10,12-13,24,37H,3-8,14-16H2,(H,31,34)(H,32,36). The smallest absolute Gasteiger partial charge is 0.254 e. The molecule has 11 heteroatoms. The number of amides is 1. The van der Waals surface area contributed by atoms with Crippen molar-refractivity contribution in [1.82, 2.24) is 19.9 Å². The molecule has 7 rings (SSSR count). The van der Waals surface area contributed by atoms with Crippen LogP contribution in [0.1, 0.15) is 54.4 Å². The Morgan fingerprint density at radius 3 is 2.53 bits per heavy atom. The van der Waals surface area contributed by atoms with Gasteiger partial charge in [-0.25, -0.2) is 13.3 Å². The summed E-state index contributed by atoms with van der Waals surface area (Å²) in [6, 6.07) is 9.28. The van der Waals surface area contributed by atoms with Gasteiger partial charge in [0.1, 0.15) is 6.07 Å². The number of pyridine rings is 1. The van der Waals surface area contributed by atoms with Crippen molar-refractivity contribution in [1.29, 1.82) is 5.26 Å². The van der Waals surface area contributed by atoms with Gasteiger partial charge >= 0.3 is 0 Å². The van der Waals surface area contributed by atoms with Crippen LogP contribution < -0.4 is 10.6 Å². The van der Waals surface area contributed by atoms with E-state index in [0.717, 1.165) is 24.8 Å². The van der Waals surface area contributed by atoms with Gasteiger partial charge in [-0.2, -0.15) is 10.4 Å². The molecule has 0 atom stereocenters. The fourth-order valence-corrected chi connectivity index (χ4v) is 5.79. The molecule has 9 nitrogen and oxygen atoms in total. The van der Waals surface area contributed by atoms with Gasteiger partial charge in [-0.05, 0) is 62.8 Å². The Hall–Kier alpha value is -3.62. The number of nitrogens with zero attached hydrogens (tertiary/aromatic N) is 4. The van der Waals surface area contributed by atoms with Gasteiger partial charge in [-0.15, -0.1) is 0 Å². The molecule has 198 valence electrons. The van der Waals surface area contributed by atoms with Gasteiger partial charge in [0.25, 0.3) is 5.91 Å². The number of aliphatic hydroxyl groups is 1. The first-order chi connectivity index (χ1) is 18.2. The number of fused-ring (bicyclic) bond motifs is 4. The minimum Gasteiger partial charge on any atom is -0.390 e. The first-order valence-electron chi connectivity index (χ1n) is 12.8. The number of halogens is 2. The Morgan fingerprint density at radius 2 is 1.89 bits per heavy atom. The molecule has 4 aliphatic rings. The number of hydrogen-bond donors (Lipinski definition) is 3. The van der Waals surface area contributed by atoms with E-state index in [2.05, 4.69) is 26.8 Å². The van der Waals surface area contributed by atoms with E-state index in [9.17, 15) is 23.9 Å². The maximum atomic E-state index is 13.6. The monoisotopic (exact) mass is 522 g/mol. The zero-order valence-corrected chi connectivity index (χ0v) is 20.7. The summed E-state index contributed by atoms with van der Waals surface area (Å²) in [5.74, 6) is -0.491. The second-order valence-electron chi connectivity index (χ2n) is 11.0. The third-order valence-corrected chi connectivity index (χ3v) is 8.49. The molecule has 0 aromatic carbocycles. The average Bonchev–Trinajstić information content (AvgIpc) is 3.32. The summed E-state index contributed by atoms with van der Waals surface area (Å²) in [5, 5.41) is 30.5. The predicted molar refractivity (Wildman–Crippen MR) is 134 cm³/mol. The normalized spacial score (nSPS) is 25.7. The molecular formula is C27H28F2N6O3. The van der Waals surface area contributed by atoms with Gasteiger partial charge in [0.2, 0.25) is 6.43 Å². The maximum Gasteiger partial charge on any atom is 0.254 e.